The Balaban J connectivity index is 1.14. The molecular formula is C44H54N8O7S. The standard InChI is InChI=1S/C44H54N8O7S/c1-28-27-45-18-10-21-52(28)22-20-47-42(53)34-14-13-30(25-39(34)57-5)48-40-26-31(17-19-46-40)59-38-16-15-35(32-11-8-9-12-33(32)38)49-43(54)50-36-23-29(44(2,3)4)24-37(41(36)58-6)51-60(7,55)56/h8-9,11-17,19,23-26,28,45,51H,10,18,20-22,27H2,1-7H3,(H,46,48)(H,47,53)(H2,49,50,54). The van der Waals surface area contributed by atoms with E-state index in [2.05, 4.69) is 48.1 Å². The molecule has 1 fully saturated rings. The summed E-state index contributed by atoms with van der Waals surface area (Å²) in [6, 6.07) is 23.1. The number of methoxy groups -OCH3 is 2. The number of hydrogen-bond acceptors (Lipinski definition) is 11. The molecule has 4 aromatic carbocycles. The second kappa shape index (κ2) is 18.9. The molecular weight excluding hydrogens is 785 g/mol. The molecule has 1 aliphatic heterocycles. The van der Waals surface area contributed by atoms with Gasteiger partial charge in [0.25, 0.3) is 5.91 Å². The number of nitrogens with zero attached hydrogens (tertiary/aromatic N) is 2. The number of ether oxygens (including phenoxy) is 3. The summed E-state index contributed by atoms with van der Waals surface area (Å²) in [5, 5.41) is 17.0. The van der Waals surface area contributed by atoms with Crippen LogP contribution in [-0.2, 0) is 15.4 Å². The monoisotopic (exact) mass is 838 g/mol. The van der Waals surface area contributed by atoms with Gasteiger partial charge in [0, 0.05) is 60.5 Å². The van der Waals surface area contributed by atoms with Gasteiger partial charge in [-0.05, 0) is 79.9 Å². The molecule has 0 aliphatic carbocycles. The van der Waals surface area contributed by atoms with Crippen molar-refractivity contribution in [1.29, 1.82) is 0 Å². The van der Waals surface area contributed by atoms with Crippen molar-refractivity contribution in [1.82, 2.24) is 20.5 Å². The van der Waals surface area contributed by atoms with Crippen molar-refractivity contribution in [3.8, 4) is 23.0 Å². The number of nitrogens with one attached hydrogen (secondary N) is 6. The number of rotatable bonds is 14. The van der Waals surface area contributed by atoms with E-state index in [1.807, 2.05) is 45.0 Å². The minimum atomic E-state index is -3.64. The Morgan fingerprint density at radius 1 is 0.900 bits per heavy atom. The van der Waals surface area contributed by atoms with E-state index in [0.717, 1.165) is 55.2 Å². The van der Waals surface area contributed by atoms with Gasteiger partial charge in [0.15, 0.2) is 5.75 Å². The Bertz CT molecular complexity index is 2460. The smallest absolute Gasteiger partial charge is 0.323 e. The number of carbonyl (C=O) groups excluding carboxylic acids is 2. The van der Waals surface area contributed by atoms with Crippen LogP contribution in [0.15, 0.2) is 85.1 Å². The number of sulfonamides is 1. The first-order chi connectivity index (χ1) is 28.6. The molecule has 16 heteroatoms. The molecule has 5 aromatic rings. The van der Waals surface area contributed by atoms with E-state index in [-0.39, 0.29) is 22.8 Å². The maximum Gasteiger partial charge on any atom is 0.323 e. The zero-order chi connectivity index (χ0) is 43.0. The third-order valence-electron chi connectivity index (χ3n) is 10.1. The highest BCUT2D eigenvalue weighted by atomic mass is 32.2. The van der Waals surface area contributed by atoms with Crippen LogP contribution in [0.2, 0.25) is 0 Å². The van der Waals surface area contributed by atoms with E-state index in [0.29, 0.717) is 58.3 Å². The topological polar surface area (TPSA) is 184 Å². The van der Waals surface area contributed by atoms with E-state index in [1.165, 1.54) is 14.2 Å². The van der Waals surface area contributed by atoms with Crippen molar-refractivity contribution in [2.45, 2.75) is 45.6 Å². The first kappa shape index (κ1) is 43.5. The molecule has 1 unspecified atom stereocenters. The quantitative estimate of drug-likeness (QED) is 0.0651. The summed E-state index contributed by atoms with van der Waals surface area (Å²) in [5.74, 6) is 1.96. The fraction of sp³-hybridized carbons (Fsp3) is 0.341. The number of carbonyl (C=O) groups is 2. The van der Waals surface area contributed by atoms with Gasteiger partial charge in [0.2, 0.25) is 10.0 Å². The molecule has 318 valence electrons. The van der Waals surface area contributed by atoms with Gasteiger partial charge in [-0.15, -0.1) is 0 Å². The molecule has 1 atom stereocenters. The normalized spacial score (nSPS) is 14.8. The second-order valence-electron chi connectivity index (χ2n) is 15.7. The number of hydrogen-bond donors (Lipinski definition) is 6. The lowest BCUT2D eigenvalue weighted by molar-refractivity contribution is 0.0942. The van der Waals surface area contributed by atoms with E-state index in [9.17, 15) is 18.0 Å². The molecule has 0 bridgehead atoms. The summed E-state index contributed by atoms with van der Waals surface area (Å²) in [4.78, 5) is 33.5. The summed E-state index contributed by atoms with van der Waals surface area (Å²) in [5.41, 5.74) is 2.54. The third-order valence-corrected chi connectivity index (χ3v) is 10.6. The van der Waals surface area contributed by atoms with Crippen LogP contribution in [-0.4, -0.2) is 89.5 Å². The number of fused-ring (bicyclic) bond motifs is 1. The molecule has 1 saturated heterocycles. The Kier molecular flexibility index (Phi) is 13.7. The van der Waals surface area contributed by atoms with Gasteiger partial charge in [-0.25, -0.2) is 18.2 Å². The van der Waals surface area contributed by atoms with Crippen LogP contribution in [0.4, 0.5) is 33.4 Å². The summed E-state index contributed by atoms with van der Waals surface area (Å²) < 4.78 is 44.4. The maximum atomic E-state index is 13.5. The fourth-order valence-electron chi connectivity index (χ4n) is 6.98. The largest absolute Gasteiger partial charge is 0.496 e. The Hall–Kier alpha value is -6.10. The van der Waals surface area contributed by atoms with Gasteiger partial charge in [0.05, 0.1) is 43.1 Å². The highest BCUT2D eigenvalue weighted by molar-refractivity contribution is 7.92. The van der Waals surface area contributed by atoms with Gasteiger partial charge < -0.3 is 40.8 Å². The average molecular weight is 839 g/mol. The molecule has 0 spiro atoms. The lowest BCUT2D eigenvalue weighted by atomic mass is 9.86. The van der Waals surface area contributed by atoms with E-state index >= 15 is 0 Å². The molecule has 6 N–H and O–H groups in total. The Morgan fingerprint density at radius 2 is 1.65 bits per heavy atom. The van der Waals surface area contributed by atoms with Gasteiger partial charge in [-0.1, -0.05) is 45.0 Å². The van der Waals surface area contributed by atoms with Gasteiger partial charge >= 0.3 is 6.03 Å². The fourth-order valence-corrected chi connectivity index (χ4v) is 7.53. The van der Waals surface area contributed by atoms with Crippen molar-refractivity contribution < 1.29 is 32.2 Å². The van der Waals surface area contributed by atoms with E-state index in [1.54, 1.807) is 60.8 Å². The first-order valence-electron chi connectivity index (χ1n) is 19.7. The van der Waals surface area contributed by atoms with Gasteiger partial charge in [0.1, 0.15) is 23.1 Å². The third kappa shape index (κ3) is 11.1. The molecule has 6 rings (SSSR count). The molecule has 60 heavy (non-hydrogen) atoms. The van der Waals surface area contributed by atoms with Gasteiger partial charge in [-0.2, -0.15) is 0 Å². The molecule has 2 heterocycles. The van der Waals surface area contributed by atoms with Crippen LogP contribution in [0, 0.1) is 0 Å². The molecule has 15 nitrogen and oxygen atoms in total. The van der Waals surface area contributed by atoms with Crippen molar-refractivity contribution in [2.24, 2.45) is 0 Å². The minimum absolute atomic E-state index is 0.171. The van der Waals surface area contributed by atoms with Crippen molar-refractivity contribution in [3.63, 3.8) is 0 Å². The molecule has 0 radical (unpaired) electrons. The first-order valence-corrected chi connectivity index (χ1v) is 21.6. The van der Waals surface area contributed by atoms with Gasteiger partial charge in [-0.3, -0.25) is 14.4 Å². The predicted octanol–water partition coefficient (Wildman–Crippen LogP) is 7.51. The minimum Gasteiger partial charge on any atom is -0.496 e. The number of amides is 3. The van der Waals surface area contributed by atoms with Crippen molar-refractivity contribution in [2.75, 3.05) is 73.9 Å². The molecule has 0 saturated carbocycles. The molecule has 1 aromatic heterocycles. The van der Waals surface area contributed by atoms with E-state index < -0.39 is 16.1 Å². The number of aromatic nitrogens is 1. The number of pyridine rings is 1. The van der Waals surface area contributed by atoms with Crippen LogP contribution < -0.4 is 45.5 Å². The van der Waals surface area contributed by atoms with E-state index in [4.69, 9.17) is 14.2 Å². The second-order valence-corrected chi connectivity index (χ2v) is 17.4. The predicted molar refractivity (Wildman–Crippen MR) is 238 cm³/mol. The SMILES string of the molecule is COc1cc(Nc2cc(Oc3ccc(NC(=O)Nc4cc(C(C)(C)C)cc(NS(C)(=O)=O)c4OC)c4ccccc34)ccn2)ccc1C(=O)NCCN1CCCNCC1C. The highest BCUT2D eigenvalue weighted by Crippen LogP contribution is 2.40. The van der Waals surface area contributed by atoms with Crippen LogP contribution in [0.25, 0.3) is 10.8 Å². The summed E-state index contributed by atoms with van der Waals surface area (Å²) >= 11 is 0. The summed E-state index contributed by atoms with van der Waals surface area (Å²) in [7, 11) is -0.703. The Morgan fingerprint density at radius 3 is 2.38 bits per heavy atom. The van der Waals surface area contributed by atoms with Crippen LogP contribution >= 0.6 is 0 Å². The number of anilines is 5. The number of benzene rings is 4. The molecule has 3 amide bonds. The Labute approximate surface area is 351 Å². The lowest BCUT2D eigenvalue weighted by Crippen LogP contribution is -2.42. The maximum absolute atomic E-state index is 13.5. The average Bonchev–Trinajstić information content (AvgIpc) is 3.41. The highest BCUT2D eigenvalue weighted by Gasteiger charge is 2.23. The van der Waals surface area contributed by atoms with Crippen LogP contribution in [0.5, 0.6) is 23.0 Å². The van der Waals surface area contributed by atoms with Crippen molar-refractivity contribution >= 4 is 61.3 Å². The summed E-state index contributed by atoms with van der Waals surface area (Å²) in [6.45, 7) is 12.4. The lowest BCUT2D eigenvalue weighted by Gasteiger charge is -2.26. The van der Waals surface area contributed by atoms with Crippen LogP contribution in [0.1, 0.15) is 50.0 Å². The number of urea groups is 1. The summed E-state index contributed by atoms with van der Waals surface area (Å²) in [6.07, 6.45) is 3.76. The molecule has 1 aliphatic rings. The zero-order valence-electron chi connectivity index (χ0n) is 35.1. The zero-order valence-corrected chi connectivity index (χ0v) is 35.9. The van der Waals surface area contributed by atoms with Crippen LogP contribution in [0.3, 0.4) is 0 Å². The van der Waals surface area contributed by atoms with Crippen molar-refractivity contribution in [3.05, 3.63) is 96.2 Å².